The Morgan fingerprint density at radius 2 is 1.51 bits per heavy atom. The Morgan fingerprint density at radius 1 is 0.971 bits per heavy atom. The van der Waals surface area contributed by atoms with Gasteiger partial charge in [-0.25, -0.2) is 26.0 Å². The van der Waals surface area contributed by atoms with Crippen LogP contribution in [-0.2, 0) is 9.84 Å². The lowest BCUT2D eigenvalue weighted by Gasteiger charge is -2.36. The number of nitrogens with zero attached hydrogens (tertiary/aromatic N) is 2. The normalized spacial score (nSPS) is 14.9. The Balaban J connectivity index is 1.87. The highest BCUT2D eigenvalue weighted by molar-refractivity contribution is 7.90. The predicted molar refractivity (Wildman–Crippen MR) is 124 cm³/mol. The van der Waals surface area contributed by atoms with Gasteiger partial charge in [-0.1, -0.05) is 20.8 Å². The molecule has 1 saturated heterocycles. The summed E-state index contributed by atoms with van der Waals surface area (Å²) in [6.07, 6.45) is 1.02. The molecule has 0 aliphatic carbocycles. The molecule has 192 valence electrons. The molecule has 0 N–H and O–H groups in total. The molecule has 2 aromatic carbocycles. The van der Waals surface area contributed by atoms with Crippen molar-refractivity contribution in [2.45, 2.75) is 32.6 Å². The summed E-state index contributed by atoms with van der Waals surface area (Å²) in [4.78, 5) is 15.8. The molecule has 0 spiro atoms. The van der Waals surface area contributed by atoms with Crippen LogP contribution in [0.2, 0.25) is 0 Å². The highest BCUT2D eigenvalue weighted by Gasteiger charge is 2.31. The molecule has 11 heteroatoms. The quantitative estimate of drug-likeness (QED) is 0.437. The average Bonchev–Trinajstić information content (AvgIpc) is 2.79. The average molecular weight is 517 g/mol. The first-order valence-electron chi connectivity index (χ1n) is 11.0. The summed E-state index contributed by atoms with van der Waals surface area (Å²) in [5.74, 6) is -6.22. The number of amides is 1. The molecule has 6 nitrogen and oxygen atoms in total. The SMILES string of the molecule is Cc1c(F)c(F)c(N2CCN(C(=O)c3cc(S(C)(=O)=O)ccc3OCC(C)(C)C)CC2)c(F)c1F. The van der Waals surface area contributed by atoms with Crippen molar-refractivity contribution < 1.29 is 35.5 Å². The number of carbonyl (C=O) groups excluding carboxylic acids is 1. The first-order chi connectivity index (χ1) is 16.1. The second-order valence-electron chi connectivity index (χ2n) is 9.79. The van der Waals surface area contributed by atoms with E-state index in [0.29, 0.717) is 0 Å². The summed E-state index contributed by atoms with van der Waals surface area (Å²) in [6.45, 7) is 6.81. The van der Waals surface area contributed by atoms with Crippen molar-refractivity contribution in [3.8, 4) is 5.75 Å². The molecule has 1 amide bonds. The van der Waals surface area contributed by atoms with Crippen molar-refractivity contribution in [1.82, 2.24) is 4.90 Å². The molecule has 1 fully saturated rings. The van der Waals surface area contributed by atoms with E-state index in [2.05, 4.69) is 0 Å². The number of halogens is 4. The van der Waals surface area contributed by atoms with Crippen LogP contribution < -0.4 is 9.64 Å². The fourth-order valence-electron chi connectivity index (χ4n) is 3.64. The monoisotopic (exact) mass is 516 g/mol. The topological polar surface area (TPSA) is 66.9 Å². The second-order valence-corrected chi connectivity index (χ2v) is 11.8. The summed E-state index contributed by atoms with van der Waals surface area (Å²) in [6, 6.07) is 4.02. The van der Waals surface area contributed by atoms with Crippen molar-refractivity contribution in [3.05, 3.63) is 52.6 Å². The molecular weight excluding hydrogens is 488 g/mol. The van der Waals surface area contributed by atoms with Gasteiger partial charge >= 0.3 is 0 Å². The summed E-state index contributed by atoms with van der Waals surface area (Å²) >= 11 is 0. The van der Waals surface area contributed by atoms with Crippen molar-refractivity contribution in [1.29, 1.82) is 0 Å². The molecule has 1 aliphatic heterocycles. The van der Waals surface area contributed by atoms with Gasteiger partial charge in [0, 0.05) is 38.0 Å². The van der Waals surface area contributed by atoms with Crippen LogP contribution in [-0.4, -0.2) is 58.3 Å². The minimum Gasteiger partial charge on any atom is -0.492 e. The lowest BCUT2D eigenvalue weighted by Crippen LogP contribution is -2.49. The van der Waals surface area contributed by atoms with Gasteiger partial charge in [0.25, 0.3) is 5.91 Å². The van der Waals surface area contributed by atoms with E-state index in [1.54, 1.807) is 0 Å². The third kappa shape index (κ3) is 5.71. The van der Waals surface area contributed by atoms with Crippen LogP contribution in [0.25, 0.3) is 0 Å². The number of anilines is 1. The van der Waals surface area contributed by atoms with Crippen LogP contribution >= 0.6 is 0 Å². The number of hydrogen-bond donors (Lipinski definition) is 0. The second kappa shape index (κ2) is 9.67. The molecule has 1 heterocycles. The molecule has 0 unspecified atom stereocenters. The van der Waals surface area contributed by atoms with Crippen LogP contribution in [0.4, 0.5) is 23.2 Å². The number of benzene rings is 2. The maximum atomic E-state index is 14.4. The molecule has 0 atom stereocenters. The van der Waals surface area contributed by atoms with E-state index in [4.69, 9.17) is 4.74 Å². The number of ether oxygens (including phenoxy) is 1. The first-order valence-corrected chi connectivity index (χ1v) is 12.8. The van der Waals surface area contributed by atoms with E-state index in [9.17, 15) is 30.8 Å². The van der Waals surface area contributed by atoms with Gasteiger partial charge in [0.1, 0.15) is 11.4 Å². The minimum absolute atomic E-state index is 0.0172. The van der Waals surface area contributed by atoms with Crippen molar-refractivity contribution >= 4 is 21.4 Å². The maximum absolute atomic E-state index is 14.4. The van der Waals surface area contributed by atoms with Gasteiger partial charge in [-0.3, -0.25) is 4.79 Å². The third-order valence-electron chi connectivity index (χ3n) is 5.61. The Morgan fingerprint density at radius 3 is 2.00 bits per heavy atom. The molecular formula is C24H28F4N2O4S. The van der Waals surface area contributed by atoms with Gasteiger partial charge in [0.2, 0.25) is 0 Å². The van der Waals surface area contributed by atoms with Crippen LogP contribution in [0, 0.1) is 35.6 Å². The summed E-state index contributed by atoms with van der Waals surface area (Å²) < 4.78 is 86.8. The van der Waals surface area contributed by atoms with E-state index < -0.39 is 50.3 Å². The van der Waals surface area contributed by atoms with Gasteiger partial charge in [0.05, 0.1) is 17.1 Å². The van der Waals surface area contributed by atoms with Crippen molar-refractivity contribution in [2.24, 2.45) is 5.41 Å². The largest absolute Gasteiger partial charge is 0.492 e. The van der Waals surface area contributed by atoms with E-state index in [1.807, 2.05) is 20.8 Å². The summed E-state index contributed by atoms with van der Waals surface area (Å²) in [5, 5.41) is 0. The third-order valence-corrected chi connectivity index (χ3v) is 6.72. The standard InChI is InChI=1S/C24H28F4N2O4S/c1-14-18(25)20(27)22(21(28)19(14)26)29-8-10-30(11-9-29)23(31)16-12-15(35(5,32)33)6-7-17(16)34-13-24(2,3)4/h6-7,12H,8-11,13H2,1-5H3. The zero-order valence-electron chi connectivity index (χ0n) is 20.2. The van der Waals surface area contributed by atoms with Gasteiger partial charge < -0.3 is 14.5 Å². The number of rotatable bonds is 5. The molecule has 35 heavy (non-hydrogen) atoms. The minimum atomic E-state index is -3.60. The van der Waals surface area contributed by atoms with Gasteiger partial charge in [-0.2, -0.15) is 0 Å². The molecule has 0 aromatic heterocycles. The van der Waals surface area contributed by atoms with Gasteiger partial charge in [-0.05, 0) is 30.5 Å². The smallest absolute Gasteiger partial charge is 0.257 e. The zero-order valence-corrected chi connectivity index (χ0v) is 21.0. The summed E-state index contributed by atoms with van der Waals surface area (Å²) in [7, 11) is -3.60. The van der Waals surface area contributed by atoms with E-state index >= 15 is 0 Å². The molecule has 0 bridgehead atoms. The molecule has 1 aliphatic rings. The van der Waals surface area contributed by atoms with E-state index in [0.717, 1.165) is 18.1 Å². The van der Waals surface area contributed by atoms with Crippen LogP contribution in [0.3, 0.4) is 0 Å². The molecule has 0 radical (unpaired) electrons. The fraction of sp³-hybridized carbons (Fsp3) is 0.458. The van der Waals surface area contributed by atoms with Gasteiger partial charge in [0.15, 0.2) is 33.1 Å². The van der Waals surface area contributed by atoms with Crippen molar-refractivity contribution in [3.63, 3.8) is 0 Å². The zero-order chi connectivity index (χ0) is 26.3. The van der Waals surface area contributed by atoms with Crippen LogP contribution in [0.1, 0.15) is 36.7 Å². The van der Waals surface area contributed by atoms with Gasteiger partial charge in [-0.15, -0.1) is 0 Å². The number of sulfone groups is 1. The maximum Gasteiger partial charge on any atom is 0.257 e. The van der Waals surface area contributed by atoms with Crippen LogP contribution in [0.15, 0.2) is 23.1 Å². The lowest BCUT2D eigenvalue weighted by atomic mass is 9.98. The molecule has 3 rings (SSSR count). The number of piperazine rings is 1. The Hall–Kier alpha value is -2.82. The fourth-order valence-corrected chi connectivity index (χ4v) is 4.29. The summed E-state index contributed by atoms with van der Waals surface area (Å²) in [5.41, 5.74) is -1.75. The highest BCUT2D eigenvalue weighted by atomic mass is 32.2. The van der Waals surface area contributed by atoms with E-state index in [-0.39, 0.29) is 54.4 Å². The van der Waals surface area contributed by atoms with Crippen molar-refractivity contribution in [2.75, 3.05) is 43.9 Å². The Labute approximate surface area is 202 Å². The first kappa shape index (κ1) is 26.8. The highest BCUT2D eigenvalue weighted by Crippen LogP contribution is 2.32. The lowest BCUT2D eigenvalue weighted by molar-refractivity contribution is 0.0739. The number of hydrogen-bond acceptors (Lipinski definition) is 5. The predicted octanol–water partition coefficient (Wildman–Crippen LogP) is 4.34. The van der Waals surface area contributed by atoms with E-state index in [1.165, 1.54) is 23.1 Å². The Kier molecular flexibility index (Phi) is 7.40. The Bertz CT molecular complexity index is 1220. The molecule has 0 saturated carbocycles. The van der Waals surface area contributed by atoms with Crippen LogP contribution in [0.5, 0.6) is 5.75 Å². The molecule has 2 aromatic rings. The number of carbonyl (C=O) groups is 1.